The number of rotatable bonds is 6. The van der Waals surface area contributed by atoms with Crippen LogP contribution in [-0.2, 0) is 6.54 Å². The molecule has 0 radical (unpaired) electrons. The summed E-state index contributed by atoms with van der Waals surface area (Å²) < 4.78 is 13.2. The summed E-state index contributed by atoms with van der Waals surface area (Å²) in [6, 6.07) is 21.1. The molecule has 0 unspecified atom stereocenters. The Labute approximate surface area is 191 Å². The maximum absolute atomic E-state index is 13.6. The summed E-state index contributed by atoms with van der Waals surface area (Å²) in [5.74, 6) is 1.21. The lowest BCUT2D eigenvalue weighted by Crippen LogP contribution is -2.31. The number of hydrogen-bond donors (Lipinski definition) is 0. The number of ether oxygens (including phenoxy) is 2. The first-order valence-electron chi connectivity index (χ1n) is 11.0. The molecule has 1 aliphatic heterocycles. The predicted molar refractivity (Wildman–Crippen MR) is 128 cm³/mol. The Hall–Kier alpha value is -4.13. The van der Waals surface area contributed by atoms with E-state index in [1.54, 1.807) is 11.0 Å². The largest absolute Gasteiger partial charge is 0.486 e. The molecule has 1 amide bonds. The van der Waals surface area contributed by atoms with E-state index in [2.05, 4.69) is 10.3 Å². The predicted octanol–water partition coefficient (Wildman–Crippen LogP) is 4.58. The maximum Gasteiger partial charge on any atom is 0.258 e. The number of nitrogens with zero attached hydrogens (tertiary/aromatic N) is 4. The van der Waals surface area contributed by atoms with Crippen LogP contribution in [0.1, 0.15) is 22.8 Å². The van der Waals surface area contributed by atoms with Crippen LogP contribution in [0.4, 0.5) is 5.69 Å². The van der Waals surface area contributed by atoms with Gasteiger partial charge in [0.05, 0.1) is 5.52 Å². The molecule has 7 heteroatoms. The number of benzene rings is 3. The summed E-state index contributed by atoms with van der Waals surface area (Å²) in [5.41, 5.74) is 3.96. The second kappa shape index (κ2) is 9.16. The van der Waals surface area contributed by atoms with Crippen molar-refractivity contribution in [3.05, 3.63) is 83.9 Å². The average molecular weight is 441 g/mol. The van der Waals surface area contributed by atoms with Gasteiger partial charge in [-0.05, 0) is 42.8 Å². The molecule has 2 heterocycles. The molecule has 0 fully saturated rings. The van der Waals surface area contributed by atoms with Crippen molar-refractivity contribution >= 4 is 28.7 Å². The highest BCUT2D eigenvalue weighted by atomic mass is 16.6. The van der Waals surface area contributed by atoms with Crippen molar-refractivity contribution in [1.29, 1.82) is 0 Å². The molecular formula is C26H24N4O3. The van der Waals surface area contributed by atoms with Crippen molar-refractivity contribution in [2.24, 2.45) is 0 Å². The van der Waals surface area contributed by atoms with Gasteiger partial charge in [0.2, 0.25) is 0 Å². The van der Waals surface area contributed by atoms with Crippen molar-refractivity contribution < 1.29 is 14.3 Å². The van der Waals surface area contributed by atoms with Crippen LogP contribution in [0.25, 0.3) is 17.1 Å². The number of hydrogen-bond acceptors (Lipinski definition) is 5. The Kier molecular flexibility index (Phi) is 5.76. The highest BCUT2D eigenvalue weighted by Crippen LogP contribution is 2.34. The van der Waals surface area contributed by atoms with Crippen LogP contribution in [0, 0.1) is 0 Å². The SMILES string of the molecule is CCn1nnc2cc(C(=O)N(C/C=C/c3ccccc3)c3ccc4c(c3)OCCO4)ccc21. The standard InChI is InChI=1S/C26H24N4O3/c1-2-30-23-12-10-20(17-22(23)27-28-30)26(31)29(14-6-9-19-7-4-3-5-8-19)21-11-13-24-25(18-21)33-16-15-32-24/h3-13,17-18H,2,14-16H2,1H3/b9-6+. The van der Waals surface area contributed by atoms with Crippen molar-refractivity contribution in [3.8, 4) is 11.5 Å². The van der Waals surface area contributed by atoms with Gasteiger partial charge in [-0.2, -0.15) is 0 Å². The molecule has 7 nitrogen and oxygen atoms in total. The van der Waals surface area contributed by atoms with E-state index in [0.717, 1.165) is 23.3 Å². The van der Waals surface area contributed by atoms with Gasteiger partial charge in [-0.15, -0.1) is 5.10 Å². The fourth-order valence-corrected chi connectivity index (χ4v) is 3.86. The minimum absolute atomic E-state index is 0.127. The molecule has 0 saturated heterocycles. The third-order valence-electron chi connectivity index (χ3n) is 5.54. The zero-order valence-corrected chi connectivity index (χ0v) is 18.3. The first kappa shape index (κ1) is 20.8. The van der Waals surface area contributed by atoms with Gasteiger partial charge in [0, 0.05) is 30.4 Å². The third kappa shape index (κ3) is 4.30. The molecule has 0 bridgehead atoms. The topological polar surface area (TPSA) is 69.5 Å². The highest BCUT2D eigenvalue weighted by Gasteiger charge is 2.21. The molecule has 0 aliphatic carbocycles. The van der Waals surface area contributed by atoms with Gasteiger partial charge in [0.1, 0.15) is 18.7 Å². The zero-order valence-electron chi connectivity index (χ0n) is 18.3. The van der Waals surface area contributed by atoms with Crippen molar-refractivity contribution in [1.82, 2.24) is 15.0 Å². The first-order chi connectivity index (χ1) is 16.2. The van der Waals surface area contributed by atoms with Crippen LogP contribution in [0.5, 0.6) is 11.5 Å². The van der Waals surface area contributed by atoms with E-state index in [0.29, 0.717) is 42.3 Å². The Balaban J connectivity index is 1.48. The molecule has 33 heavy (non-hydrogen) atoms. The highest BCUT2D eigenvalue weighted by molar-refractivity contribution is 6.08. The second-order valence-corrected chi connectivity index (χ2v) is 7.67. The van der Waals surface area contributed by atoms with Crippen LogP contribution in [0.3, 0.4) is 0 Å². The smallest absolute Gasteiger partial charge is 0.258 e. The lowest BCUT2D eigenvalue weighted by Gasteiger charge is -2.24. The fraction of sp³-hybridized carbons (Fsp3) is 0.192. The lowest BCUT2D eigenvalue weighted by molar-refractivity contribution is 0.0989. The van der Waals surface area contributed by atoms with Crippen LogP contribution in [-0.4, -0.2) is 40.7 Å². The average Bonchev–Trinajstić information content (AvgIpc) is 3.29. The number of amides is 1. The number of fused-ring (bicyclic) bond motifs is 2. The molecule has 166 valence electrons. The molecule has 0 saturated carbocycles. The molecule has 5 rings (SSSR count). The van der Waals surface area contributed by atoms with Crippen molar-refractivity contribution in [3.63, 3.8) is 0 Å². The van der Waals surface area contributed by atoms with Crippen LogP contribution >= 0.6 is 0 Å². The van der Waals surface area contributed by atoms with E-state index in [-0.39, 0.29) is 5.91 Å². The fourth-order valence-electron chi connectivity index (χ4n) is 3.86. The van der Waals surface area contributed by atoms with Crippen molar-refractivity contribution in [2.75, 3.05) is 24.7 Å². The first-order valence-corrected chi connectivity index (χ1v) is 11.0. The molecule has 0 spiro atoms. The normalized spacial score (nSPS) is 12.9. The molecular weight excluding hydrogens is 416 g/mol. The van der Waals surface area contributed by atoms with Crippen LogP contribution < -0.4 is 14.4 Å². The lowest BCUT2D eigenvalue weighted by atomic mass is 10.1. The molecule has 4 aromatic rings. The Morgan fingerprint density at radius 2 is 1.85 bits per heavy atom. The number of carbonyl (C=O) groups is 1. The zero-order chi connectivity index (χ0) is 22.6. The molecule has 1 aliphatic rings. The van der Waals surface area contributed by atoms with E-state index in [1.165, 1.54) is 0 Å². The van der Waals surface area contributed by atoms with Gasteiger partial charge in [-0.3, -0.25) is 4.79 Å². The van der Waals surface area contributed by atoms with Gasteiger partial charge in [-0.25, -0.2) is 4.68 Å². The monoisotopic (exact) mass is 440 g/mol. The van der Waals surface area contributed by atoms with E-state index < -0.39 is 0 Å². The minimum Gasteiger partial charge on any atom is -0.486 e. The van der Waals surface area contributed by atoms with Gasteiger partial charge in [0.25, 0.3) is 5.91 Å². The van der Waals surface area contributed by atoms with Gasteiger partial charge >= 0.3 is 0 Å². The van der Waals surface area contributed by atoms with Gasteiger partial charge < -0.3 is 14.4 Å². The van der Waals surface area contributed by atoms with Crippen molar-refractivity contribution in [2.45, 2.75) is 13.5 Å². The summed E-state index contributed by atoms with van der Waals surface area (Å²) in [5, 5.41) is 8.36. The maximum atomic E-state index is 13.6. The summed E-state index contributed by atoms with van der Waals surface area (Å²) in [6.07, 6.45) is 3.99. The quantitative estimate of drug-likeness (QED) is 0.439. The second-order valence-electron chi connectivity index (χ2n) is 7.67. The summed E-state index contributed by atoms with van der Waals surface area (Å²) in [6.45, 7) is 4.13. The van der Waals surface area contributed by atoms with E-state index in [9.17, 15) is 4.79 Å². The Bertz CT molecular complexity index is 1310. The Morgan fingerprint density at radius 1 is 1.03 bits per heavy atom. The summed E-state index contributed by atoms with van der Waals surface area (Å²) in [7, 11) is 0. The Morgan fingerprint density at radius 3 is 2.67 bits per heavy atom. The van der Waals surface area contributed by atoms with Crippen LogP contribution in [0.15, 0.2) is 72.8 Å². The number of carbonyl (C=O) groups excluding carboxylic acids is 1. The van der Waals surface area contributed by atoms with Gasteiger partial charge in [0.15, 0.2) is 11.5 Å². The van der Waals surface area contributed by atoms with E-state index in [1.807, 2.05) is 84.4 Å². The van der Waals surface area contributed by atoms with E-state index in [4.69, 9.17) is 9.47 Å². The van der Waals surface area contributed by atoms with E-state index >= 15 is 0 Å². The minimum atomic E-state index is -0.127. The summed E-state index contributed by atoms with van der Waals surface area (Å²) in [4.78, 5) is 15.4. The van der Waals surface area contributed by atoms with Crippen LogP contribution in [0.2, 0.25) is 0 Å². The van der Waals surface area contributed by atoms with Gasteiger partial charge in [-0.1, -0.05) is 47.7 Å². The number of anilines is 1. The number of aryl methyl sites for hydroxylation is 1. The molecule has 3 aromatic carbocycles. The molecule has 0 N–H and O–H groups in total. The number of aromatic nitrogens is 3. The summed E-state index contributed by atoms with van der Waals surface area (Å²) >= 11 is 0. The molecule has 1 aromatic heterocycles. The third-order valence-corrected chi connectivity index (χ3v) is 5.54. The molecule has 0 atom stereocenters.